The van der Waals surface area contributed by atoms with E-state index in [1.807, 2.05) is 0 Å². The fraction of sp³-hybridized carbons (Fsp3) is 0.409. The van der Waals surface area contributed by atoms with Crippen molar-refractivity contribution in [3.63, 3.8) is 0 Å². The standard InChI is InChI=1S/2C14H11.4C4H9.Hf.Sn.H/c2*1-10-6-7-14-12(8-10)9-11-4-2-3-5-13(11)14;4*1-3-4-2;;;/h2*2-7H,9H2,1H3;4*1,3-4H2,2H3;;;/q2*-1;;;2*-1;+4;;. The number of benzene rings is 4. The second-order valence-corrected chi connectivity index (χ2v) is 17.0. The van der Waals surface area contributed by atoms with E-state index in [4.69, 9.17) is 0 Å². The van der Waals surface area contributed by atoms with Gasteiger partial charge in [0.15, 0.2) is 0 Å². The zero-order chi connectivity index (χ0) is 32.9. The quantitative estimate of drug-likeness (QED) is 0.0812. The van der Waals surface area contributed by atoms with Gasteiger partial charge < -0.3 is 13.8 Å². The van der Waals surface area contributed by atoms with Crippen LogP contribution in [0.2, 0.25) is 8.87 Å². The van der Waals surface area contributed by atoms with Crippen LogP contribution < -0.4 is 0 Å². The van der Waals surface area contributed by atoms with Crippen molar-refractivity contribution in [2.24, 2.45) is 0 Å². The third-order valence-electron chi connectivity index (χ3n) is 7.93. The number of aryl methyl sites for hydroxylation is 2. The van der Waals surface area contributed by atoms with Crippen molar-refractivity contribution in [2.45, 2.75) is 115 Å². The second-order valence-electron chi connectivity index (χ2n) is 12.0. The maximum absolute atomic E-state index is 3.60. The molecule has 4 aromatic carbocycles. The predicted molar refractivity (Wildman–Crippen MR) is 204 cm³/mol. The second kappa shape index (κ2) is 25.6. The maximum atomic E-state index is 3.60. The minimum atomic E-state index is -0.00469. The first-order valence-electron chi connectivity index (χ1n) is 17.5. The van der Waals surface area contributed by atoms with E-state index in [-0.39, 0.29) is 47.0 Å². The number of hydrogen-bond donors (Lipinski definition) is 0. The van der Waals surface area contributed by atoms with Gasteiger partial charge in [0.1, 0.15) is 0 Å². The minimum Gasteiger partial charge on any atom is -0.343 e. The Morgan fingerprint density at radius 3 is 1.26 bits per heavy atom. The molecule has 243 valence electrons. The van der Waals surface area contributed by atoms with E-state index >= 15 is 0 Å². The van der Waals surface area contributed by atoms with Crippen molar-refractivity contribution in [3.05, 3.63) is 132 Å². The van der Waals surface area contributed by atoms with Crippen molar-refractivity contribution in [1.29, 1.82) is 0 Å². The average Bonchev–Trinajstić information content (AvgIpc) is 3.62. The molecule has 0 aliphatic heterocycles. The Morgan fingerprint density at radius 2 is 0.913 bits per heavy atom. The molecule has 0 amide bonds. The van der Waals surface area contributed by atoms with E-state index in [0.29, 0.717) is 0 Å². The van der Waals surface area contributed by atoms with Crippen LogP contribution in [0.4, 0.5) is 0 Å². The number of fused-ring (bicyclic) bond motifs is 6. The molecule has 0 heterocycles. The number of rotatable bonds is 8. The Kier molecular flexibility index (Phi) is 23.6. The molecule has 6 rings (SSSR count). The molecule has 1 radical (unpaired) electrons. The SMILES string of the molecule is CCC[CH2][SnH][CH2]CCC.Cc1[c-]c2c(cc1)-c1ccccc1C2.Cc1[c-]c2c(cc1)-c1ccccc1C2.[CH2-]CCC.[CH2-]CCC.[Hf+4]. The van der Waals surface area contributed by atoms with Crippen LogP contribution in [0.25, 0.3) is 22.3 Å². The van der Waals surface area contributed by atoms with Gasteiger partial charge in [0.2, 0.25) is 0 Å². The molecule has 0 spiro atoms. The molecule has 2 heteroatoms. The van der Waals surface area contributed by atoms with E-state index in [2.05, 4.69) is 140 Å². The molecule has 2 aliphatic carbocycles. The summed E-state index contributed by atoms with van der Waals surface area (Å²) < 4.78 is 3.29. The summed E-state index contributed by atoms with van der Waals surface area (Å²) in [5.41, 5.74) is 13.6. The van der Waals surface area contributed by atoms with Gasteiger partial charge >= 0.3 is 95.4 Å². The van der Waals surface area contributed by atoms with E-state index in [0.717, 1.165) is 25.7 Å². The fourth-order valence-electron chi connectivity index (χ4n) is 5.19. The normalized spacial score (nSPS) is 10.8. The van der Waals surface area contributed by atoms with Gasteiger partial charge in [0.25, 0.3) is 0 Å². The Bertz CT molecular complexity index is 1260. The molecule has 0 nitrogen and oxygen atoms in total. The average molecular weight is 885 g/mol. The van der Waals surface area contributed by atoms with Gasteiger partial charge in [-0.05, 0) is 12.8 Å². The van der Waals surface area contributed by atoms with Crippen LogP contribution in [0.15, 0.2) is 72.8 Å². The molecule has 46 heavy (non-hydrogen) atoms. The molecule has 0 aromatic heterocycles. The minimum absolute atomic E-state index is 0. The van der Waals surface area contributed by atoms with Crippen molar-refractivity contribution >= 4 is 21.1 Å². The summed E-state index contributed by atoms with van der Waals surface area (Å²) in [6.07, 6.45) is 12.5. The van der Waals surface area contributed by atoms with Gasteiger partial charge in [-0.25, -0.2) is 0 Å². The van der Waals surface area contributed by atoms with Crippen LogP contribution in [0, 0.1) is 39.8 Å². The number of unbranched alkanes of at least 4 members (excludes halogenated alkanes) is 4. The van der Waals surface area contributed by atoms with E-state index < -0.39 is 0 Å². The van der Waals surface area contributed by atoms with Crippen LogP contribution in [0.1, 0.15) is 112 Å². The predicted octanol–water partition coefficient (Wildman–Crippen LogP) is 12.8. The van der Waals surface area contributed by atoms with Gasteiger partial charge in [-0.3, -0.25) is 0 Å². The Labute approximate surface area is 313 Å². The first-order valence-corrected chi connectivity index (χ1v) is 22.2. The zero-order valence-electron chi connectivity index (χ0n) is 29.9. The van der Waals surface area contributed by atoms with Crippen LogP contribution in [0.5, 0.6) is 0 Å². The summed E-state index contributed by atoms with van der Waals surface area (Å²) in [5.74, 6) is 0. The van der Waals surface area contributed by atoms with Crippen LogP contribution in [-0.4, -0.2) is 21.1 Å². The molecule has 0 fully saturated rings. The van der Waals surface area contributed by atoms with Gasteiger partial charge in [-0.2, -0.15) is 60.4 Å². The first kappa shape index (κ1) is 42.6. The molecule has 0 unspecified atom stereocenters. The van der Waals surface area contributed by atoms with Crippen molar-refractivity contribution in [2.75, 3.05) is 0 Å². The topological polar surface area (TPSA) is 0 Å². The summed E-state index contributed by atoms with van der Waals surface area (Å²) in [6.45, 7) is 20.2. The maximum Gasteiger partial charge on any atom is 4.00 e. The molecule has 0 saturated carbocycles. The van der Waals surface area contributed by atoms with Gasteiger partial charge in [0.05, 0.1) is 0 Å². The summed E-state index contributed by atoms with van der Waals surface area (Å²) >= 11 is -0.00469. The number of hydrogen-bond acceptors (Lipinski definition) is 0. The van der Waals surface area contributed by atoms with Crippen LogP contribution in [0.3, 0.4) is 0 Å². The molecule has 0 saturated heterocycles. The van der Waals surface area contributed by atoms with E-state index in [9.17, 15) is 0 Å². The van der Waals surface area contributed by atoms with Gasteiger partial charge in [0, 0.05) is 0 Å². The fourth-order valence-corrected chi connectivity index (χ4v) is 9.99. The van der Waals surface area contributed by atoms with Crippen LogP contribution in [-0.2, 0) is 38.7 Å². The third kappa shape index (κ3) is 14.8. The van der Waals surface area contributed by atoms with Gasteiger partial charge in [-0.15, -0.1) is 22.3 Å². The largest absolute Gasteiger partial charge is 4.00 e. The molecule has 2 aliphatic rings. The molecule has 4 aromatic rings. The molecular weight excluding hydrogens is 826 g/mol. The monoisotopic (exact) mass is 887 g/mol. The zero-order valence-corrected chi connectivity index (χ0v) is 36.8. The Morgan fingerprint density at radius 1 is 0.543 bits per heavy atom. The summed E-state index contributed by atoms with van der Waals surface area (Å²) in [6, 6.07) is 32.8. The summed E-state index contributed by atoms with van der Waals surface area (Å²) in [4.78, 5) is 0. The third-order valence-corrected chi connectivity index (χ3v) is 12.6. The van der Waals surface area contributed by atoms with Crippen molar-refractivity contribution in [3.8, 4) is 22.3 Å². The molecule has 0 atom stereocenters. The molecule has 0 bridgehead atoms. The Hall–Kier alpha value is -1.45. The van der Waals surface area contributed by atoms with Crippen molar-refractivity contribution in [1.82, 2.24) is 0 Å². The van der Waals surface area contributed by atoms with Crippen LogP contribution >= 0.6 is 0 Å². The van der Waals surface area contributed by atoms with Gasteiger partial charge in [-0.1, -0.05) is 111 Å². The smallest absolute Gasteiger partial charge is 0.343 e. The Balaban J connectivity index is 0.000000313. The summed E-state index contributed by atoms with van der Waals surface area (Å²) in [5, 5.41) is 0. The van der Waals surface area contributed by atoms with E-state index in [1.165, 1.54) is 94.2 Å². The van der Waals surface area contributed by atoms with Crippen molar-refractivity contribution < 1.29 is 25.8 Å². The molecule has 0 N–H and O–H groups in total. The first-order chi connectivity index (χ1) is 21.9. The molecular formula is C44H59HfSn. The van der Waals surface area contributed by atoms with E-state index in [1.54, 1.807) is 8.87 Å². The summed E-state index contributed by atoms with van der Waals surface area (Å²) in [7, 11) is 0.